The van der Waals surface area contributed by atoms with Crippen LogP contribution in [0.3, 0.4) is 0 Å². The number of nitrogens with zero attached hydrogens (tertiary/aromatic N) is 1. The van der Waals surface area contributed by atoms with E-state index >= 15 is 0 Å². The second-order valence-electron chi connectivity index (χ2n) is 5.32. The highest BCUT2D eigenvalue weighted by Gasteiger charge is 2.09. The van der Waals surface area contributed by atoms with E-state index < -0.39 is 5.82 Å². The van der Waals surface area contributed by atoms with Gasteiger partial charge in [-0.3, -0.25) is 10.1 Å². The minimum Gasteiger partial charge on any atom is -0.484 e. The van der Waals surface area contributed by atoms with Crippen LogP contribution in [0.2, 0.25) is 5.02 Å². The van der Waals surface area contributed by atoms with Crippen molar-refractivity contribution in [3.63, 3.8) is 0 Å². The first-order valence-electron chi connectivity index (χ1n) is 7.41. The topological polar surface area (TPSA) is 51.2 Å². The number of carbonyl (C=O) groups is 1. The zero-order chi connectivity index (χ0) is 17.8. The highest BCUT2D eigenvalue weighted by atomic mass is 35.5. The summed E-state index contributed by atoms with van der Waals surface area (Å²) in [6.07, 6.45) is 0. The summed E-state index contributed by atoms with van der Waals surface area (Å²) in [4.78, 5) is 16.3. The maximum absolute atomic E-state index is 13.1. The molecule has 3 rings (SSSR count). The Morgan fingerprint density at radius 1 is 1.28 bits per heavy atom. The van der Waals surface area contributed by atoms with E-state index in [-0.39, 0.29) is 17.5 Å². The molecular formula is C18H14ClFN2O2S. The third kappa shape index (κ3) is 4.55. The molecule has 0 spiro atoms. The number of ether oxygens (including phenoxy) is 1. The Labute approximate surface area is 153 Å². The van der Waals surface area contributed by atoms with Crippen LogP contribution in [0.1, 0.15) is 5.56 Å². The van der Waals surface area contributed by atoms with Crippen molar-refractivity contribution < 1.29 is 13.9 Å². The summed E-state index contributed by atoms with van der Waals surface area (Å²) in [7, 11) is 0. The minimum atomic E-state index is -0.537. The highest BCUT2D eigenvalue weighted by molar-refractivity contribution is 7.14. The average molecular weight is 377 g/mol. The van der Waals surface area contributed by atoms with E-state index in [1.54, 1.807) is 0 Å². The fourth-order valence-corrected chi connectivity index (χ4v) is 2.97. The van der Waals surface area contributed by atoms with Gasteiger partial charge in [0, 0.05) is 17.0 Å². The van der Waals surface area contributed by atoms with Crippen molar-refractivity contribution in [2.24, 2.45) is 0 Å². The molecule has 0 aliphatic rings. The van der Waals surface area contributed by atoms with Gasteiger partial charge in [0.15, 0.2) is 11.7 Å². The molecule has 7 heteroatoms. The van der Waals surface area contributed by atoms with Crippen molar-refractivity contribution in [2.75, 3.05) is 11.9 Å². The van der Waals surface area contributed by atoms with Crippen LogP contribution in [0.15, 0.2) is 47.8 Å². The van der Waals surface area contributed by atoms with E-state index in [0.29, 0.717) is 10.9 Å². The molecule has 0 aliphatic carbocycles. The quantitative estimate of drug-likeness (QED) is 0.687. The van der Waals surface area contributed by atoms with Crippen molar-refractivity contribution >= 4 is 34.0 Å². The molecule has 25 heavy (non-hydrogen) atoms. The highest BCUT2D eigenvalue weighted by Crippen LogP contribution is 2.25. The lowest BCUT2D eigenvalue weighted by molar-refractivity contribution is -0.118. The van der Waals surface area contributed by atoms with Gasteiger partial charge < -0.3 is 4.74 Å². The van der Waals surface area contributed by atoms with Crippen LogP contribution in [0, 0.1) is 12.7 Å². The van der Waals surface area contributed by atoms with Gasteiger partial charge in [0.25, 0.3) is 5.91 Å². The van der Waals surface area contributed by atoms with Crippen molar-refractivity contribution in [3.05, 3.63) is 64.2 Å². The molecule has 4 nitrogen and oxygen atoms in total. The Balaban J connectivity index is 1.58. The zero-order valence-corrected chi connectivity index (χ0v) is 14.8. The number of aromatic nitrogens is 1. The third-order valence-corrected chi connectivity index (χ3v) is 4.41. The summed E-state index contributed by atoms with van der Waals surface area (Å²) < 4.78 is 18.4. The summed E-state index contributed by atoms with van der Waals surface area (Å²) in [5.41, 5.74) is 2.96. The number of hydrogen-bond donors (Lipinski definition) is 1. The van der Waals surface area contributed by atoms with Gasteiger partial charge in [0.2, 0.25) is 0 Å². The van der Waals surface area contributed by atoms with Crippen LogP contribution in [-0.2, 0) is 4.79 Å². The lowest BCUT2D eigenvalue weighted by Crippen LogP contribution is -2.20. The molecule has 0 unspecified atom stereocenters. The van der Waals surface area contributed by atoms with Gasteiger partial charge in [0.1, 0.15) is 11.6 Å². The second-order valence-corrected chi connectivity index (χ2v) is 6.58. The number of rotatable bonds is 5. The van der Waals surface area contributed by atoms with Crippen molar-refractivity contribution in [1.29, 1.82) is 0 Å². The molecule has 0 saturated heterocycles. The summed E-state index contributed by atoms with van der Waals surface area (Å²) in [6, 6.07) is 11.9. The first-order chi connectivity index (χ1) is 12.0. The number of nitrogens with one attached hydrogen (secondary N) is 1. The molecule has 0 saturated carbocycles. The molecule has 3 aromatic rings. The van der Waals surface area contributed by atoms with E-state index in [0.717, 1.165) is 11.3 Å². The summed E-state index contributed by atoms with van der Waals surface area (Å²) >= 11 is 7.00. The molecule has 0 radical (unpaired) electrons. The van der Waals surface area contributed by atoms with Gasteiger partial charge in [0.05, 0.1) is 10.7 Å². The molecule has 2 aromatic carbocycles. The van der Waals surface area contributed by atoms with Crippen molar-refractivity contribution in [2.45, 2.75) is 6.92 Å². The molecule has 0 fully saturated rings. The lowest BCUT2D eigenvalue weighted by atomic mass is 10.1. The average Bonchev–Trinajstić information content (AvgIpc) is 3.05. The fourth-order valence-electron chi connectivity index (χ4n) is 2.06. The maximum atomic E-state index is 13.1. The van der Waals surface area contributed by atoms with E-state index in [1.165, 1.54) is 35.1 Å². The normalized spacial score (nSPS) is 10.5. The molecular weight excluding hydrogens is 363 g/mol. The monoisotopic (exact) mass is 376 g/mol. The molecule has 0 aliphatic heterocycles. The largest absolute Gasteiger partial charge is 0.484 e. The molecule has 1 N–H and O–H groups in total. The smallest absolute Gasteiger partial charge is 0.264 e. The zero-order valence-electron chi connectivity index (χ0n) is 13.3. The van der Waals surface area contributed by atoms with Gasteiger partial charge in [-0.25, -0.2) is 9.37 Å². The van der Waals surface area contributed by atoms with E-state index in [4.69, 9.17) is 16.3 Å². The molecule has 0 bridgehead atoms. The summed E-state index contributed by atoms with van der Waals surface area (Å²) in [5, 5.41) is 4.98. The first kappa shape index (κ1) is 17.4. The number of thiazole rings is 1. The third-order valence-electron chi connectivity index (χ3n) is 3.36. The van der Waals surface area contributed by atoms with Crippen molar-refractivity contribution in [3.8, 4) is 17.0 Å². The van der Waals surface area contributed by atoms with E-state index in [9.17, 15) is 9.18 Å². The number of carbonyl (C=O) groups excluding carboxylic acids is 1. The SMILES string of the molecule is Cc1ccc(-c2csc(NC(=O)COc3ccc(F)c(Cl)c3)n2)cc1. The Morgan fingerprint density at radius 2 is 2.04 bits per heavy atom. The van der Waals surface area contributed by atoms with Crippen LogP contribution >= 0.6 is 22.9 Å². The van der Waals surface area contributed by atoms with Crippen LogP contribution in [-0.4, -0.2) is 17.5 Å². The van der Waals surface area contributed by atoms with Crippen LogP contribution in [0.5, 0.6) is 5.75 Å². The van der Waals surface area contributed by atoms with Crippen LogP contribution < -0.4 is 10.1 Å². The maximum Gasteiger partial charge on any atom is 0.264 e. The number of benzene rings is 2. The Bertz CT molecular complexity index is 896. The van der Waals surface area contributed by atoms with Gasteiger partial charge in [-0.05, 0) is 19.1 Å². The van der Waals surface area contributed by atoms with E-state index in [2.05, 4.69) is 10.3 Å². The Hall–Kier alpha value is -2.44. The predicted molar refractivity (Wildman–Crippen MR) is 97.8 cm³/mol. The van der Waals surface area contributed by atoms with Gasteiger partial charge in [-0.1, -0.05) is 41.4 Å². The van der Waals surface area contributed by atoms with E-state index in [1.807, 2.05) is 36.6 Å². The van der Waals surface area contributed by atoms with Crippen LogP contribution in [0.4, 0.5) is 9.52 Å². The van der Waals surface area contributed by atoms with Gasteiger partial charge >= 0.3 is 0 Å². The number of anilines is 1. The van der Waals surface area contributed by atoms with Crippen molar-refractivity contribution in [1.82, 2.24) is 4.98 Å². The molecule has 128 valence electrons. The second kappa shape index (κ2) is 7.63. The first-order valence-corrected chi connectivity index (χ1v) is 8.67. The predicted octanol–water partition coefficient (Wildman–Crippen LogP) is 4.93. The fraction of sp³-hybridized carbons (Fsp3) is 0.111. The molecule has 0 atom stereocenters. The number of hydrogen-bond acceptors (Lipinski definition) is 4. The van der Waals surface area contributed by atoms with Crippen LogP contribution in [0.25, 0.3) is 11.3 Å². The molecule has 1 heterocycles. The number of aryl methyl sites for hydroxylation is 1. The molecule has 1 aromatic heterocycles. The standard InChI is InChI=1S/C18H14ClFN2O2S/c1-11-2-4-12(5-3-11)16-10-25-18(21-16)22-17(23)9-24-13-6-7-15(20)14(19)8-13/h2-8,10H,9H2,1H3,(H,21,22,23). The summed E-state index contributed by atoms with van der Waals surface area (Å²) in [6.45, 7) is 1.80. The number of amides is 1. The van der Waals surface area contributed by atoms with Gasteiger partial charge in [-0.2, -0.15) is 0 Å². The summed E-state index contributed by atoms with van der Waals surface area (Å²) in [5.74, 6) is -0.573. The minimum absolute atomic E-state index is 0.0550. The lowest BCUT2D eigenvalue weighted by Gasteiger charge is -2.06. The molecule has 1 amide bonds. The van der Waals surface area contributed by atoms with Gasteiger partial charge in [-0.15, -0.1) is 11.3 Å². The Kier molecular flexibility index (Phi) is 5.31. The number of halogens is 2. The Morgan fingerprint density at radius 3 is 2.76 bits per heavy atom.